The van der Waals surface area contributed by atoms with Gasteiger partial charge in [-0.15, -0.1) is 0 Å². The smallest absolute Gasteiger partial charge is 0.321 e. The van der Waals surface area contributed by atoms with Crippen molar-refractivity contribution in [2.24, 2.45) is 5.92 Å². The van der Waals surface area contributed by atoms with Gasteiger partial charge in [-0.3, -0.25) is 4.79 Å². The van der Waals surface area contributed by atoms with Crippen molar-refractivity contribution < 1.29 is 14.3 Å². The van der Waals surface area contributed by atoms with Crippen molar-refractivity contribution in [3.05, 3.63) is 75.4 Å². The standard InChI is InChI=1S/C25H27ClFN3O3/c26-22-13-18(7-10-23(22)27)29-25(33)30(15-16-5-8-19(31)9-6-16)12-11-17-14-28-24(32)21-4-2-1-3-20(17)21/h1-4,7,10,13-14,16,19,31H,5-6,8-9,11-12,15H2,(H,28,32)(H,29,33)/t16-,19-. The maximum atomic E-state index is 13.5. The molecular weight excluding hydrogens is 445 g/mol. The van der Waals surface area contributed by atoms with Crippen molar-refractivity contribution in [3.63, 3.8) is 0 Å². The van der Waals surface area contributed by atoms with E-state index in [0.717, 1.165) is 36.6 Å². The van der Waals surface area contributed by atoms with E-state index >= 15 is 0 Å². The van der Waals surface area contributed by atoms with Crippen molar-refractivity contribution in [1.82, 2.24) is 9.88 Å². The molecular formula is C25H27ClFN3O3. The van der Waals surface area contributed by atoms with Gasteiger partial charge < -0.3 is 20.3 Å². The molecule has 1 aliphatic carbocycles. The first kappa shape index (κ1) is 23.3. The zero-order valence-corrected chi connectivity index (χ0v) is 18.9. The number of aliphatic hydroxyl groups is 1. The van der Waals surface area contributed by atoms with Crippen LogP contribution in [0.5, 0.6) is 0 Å². The average Bonchev–Trinajstić information content (AvgIpc) is 2.81. The normalized spacial score (nSPS) is 18.3. The monoisotopic (exact) mass is 471 g/mol. The fourth-order valence-corrected chi connectivity index (χ4v) is 4.60. The lowest BCUT2D eigenvalue weighted by Gasteiger charge is -2.31. The highest BCUT2D eigenvalue weighted by atomic mass is 35.5. The quantitative estimate of drug-likeness (QED) is 0.475. The number of rotatable bonds is 6. The van der Waals surface area contributed by atoms with Crippen LogP contribution in [0, 0.1) is 11.7 Å². The lowest BCUT2D eigenvalue weighted by molar-refractivity contribution is 0.0987. The molecule has 1 heterocycles. The number of aromatic amines is 1. The van der Waals surface area contributed by atoms with Gasteiger partial charge in [-0.2, -0.15) is 0 Å². The second-order valence-electron chi connectivity index (χ2n) is 8.62. The van der Waals surface area contributed by atoms with Crippen molar-refractivity contribution in [2.45, 2.75) is 38.2 Å². The summed E-state index contributed by atoms with van der Waals surface area (Å²) in [6.07, 6.45) is 5.18. The molecule has 0 aliphatic heterocycles. The molecule has 6 nitrogen and oxygen atoms in total. The number of amides is 2. The van der Waals surface area contributed by atoms with Gasteiger partial charge in [-0.1, -0.05) is 29.8 Å². The fourth-order valence-electron chi connectivity index (χ4n) is 4.42. The summed E-state index contributed by atoms with van der Waals surface area (Å²) in [5, 5.41) is 14.1. The number of pyridine rings is 1. The molecule has 33 heavy (non-hydrogen) atoms. The first-order valence-electron chi connectivity index (χ1n) is 11.2. The molecule has 0 atom stereocenters. The summed E-state index contributed by atoms with van der Waals surface area (Å²) in [6, 6.07) is 11.2. The van der Waals surface area contributed by atoms with Gasteiger partial charge in [-0.25, -0.2) is 9.18 Å². The van der Waals surface area contributed by atoms with Crippen LogP contribution < -0.4 is 10.9 Å². The summed E-state index contributed by atoms with van der Waals surface area (Å²) < 4.78 is 13.5. The van der Waals surface area contributed by atoms with Gasteiger partial charge >= 0.3 is 6.03 Å². The number of carbonyl (C=O) groups excluding carboxylic acids is 1. The second kappa shape index (κ2) is 10.4. The van der Waals surface area contributed by atoms with Crippen molar-refractivity contribution in [2.75, 3.05) is 18.4 Å². The van der Waals surface area contributed by atoms with Gasteiger partial charge in [0.1, 0.15) is 5.82 Å². The zero-order chi connectivity index (χ0) is 23.4. The van der Waals surface area contributed by atoms with E-state index in [2.05, 4.69) is 10.3 Å². The molecule has 4 rings (SSSR count). The first-order chi connectivity index (χ1) is 15.9. The number of aliphatic hydroxyl groups excluding tert-OH is 1. The summed E-state index contributed by atoms with van der Waals surface area (Å²) in [7, 11) is 0. The zero-order valence-electron chi connectivity index (χ0n) is 18.2. The molecule has 8 heteroatoms. The van der Waals surface area contributed by atoms with E-state index in [1.807, 2.05) is 18.2 Å². The molecule has 0 spiro atoms. The Balaban J connectivity index is 1.52. The van der Waals surface area contributed by atoms with Crippen LogP contribution in [0.15, 0.2) is 53.5 Å². The predicted molar refractivity (Wildman–Crippen MR) is 128 cm³/mol. The molecule has 1 aliphatic rings. The number of H-pyrrole nitrogens is 1. The van der Waals surface area contributed by atoms with Crippen molar-refractivity contribution in [1.29, 1.82) is 0 Å². The predicted octanol–water partition coefficient (Wildman–Crippen LogP) is 4.95. The second-order valence-corrected chi connectivity index (χ2v) is 9.03. The highest BCUT2D eigenvalue weighted by molar-refractivity contribution is 6.31. The number of carbonyl (C=O) groups is 1. The highest BCUT2D eigenvalue weighted by Crippen LogP contribution is 2.26. The minimum Gasteiger partial charge on any atom is -0.393 e. The van der Waals surface area contributed by atoms with Crippen LogP contribution >= 0.6 is 11.6 Å². The van der Waals surface area contributed by atoms with E-state index in [-0.39, 0.29) is 22.7 Å². The molecule has 0 bridgehead atoms. The Hall–Kier alpha value is -2.90. The Kier molecular flexibility index (Phi) is 7.30. The van der Waals surface area contributed by atoms with E-state index in [1.54, 1.807) is 17.2 Å². The lowest BCUT2D eigenvalue weighted by Crippen LogP contribution is -2.41. The van der Waals surface area contributed by atoms with E-state index in [0.29, 0.717) is 36.5 Å². The number of halogens is 2. The number of nitrogens with zero attached hydrogens (tertiary/aromatic N) is 1. The van der Waals surface area contributed by atoms with Gasteiger partial charge in [0.2, 0.25) is 0 Å². The summed E-state index contributed by atoms with van der Waals surface area (Å²) >= 11 is 5.86. The minimum absolute atomic E-state index is 0.0553. The minimum atomic E-state index is -0.544. The summed E-state index contributed by atoms with van der Waals surface area (Å²) in [5.74, 6) is -0.250. The van der Waals surface area contributed by atoms with Crippen LogP contribution in [-0.4, -0.2) is 40.2 Å². The van der Waals surface area contributed by atoms with Gasteiger partial charge in [0.25, 0.3) is 5.56 Å². The lowest BCUT2D eigenvalue weighted by atomic mass is 9.87. The maximum Gasteiger partial charge on any atom is 0.321 e. The Labute approximate surface area is 196 Å². The molecule has 0 saturated heterocycles. The topological polar surface area (TPSA) is 85.4 Å². The average molecular weight is 472 g/mol. The Morgan fingerprint density at radius 1 is 1.15 bits per heavy atom. The summed E-state index contributed by atoms with van der Waals surface area (Å²) in [4.78, 5) is 29.8. The fraction of sp³-hybridized carbons (Fsp3) is 0.360. The van der Waals surface area contributed by atoms with E-state index in [1.165, 1.54) is 18.2 Å². The number of anilines is 1. The number of hydrogen-bond donors (Lipinski definition) is 3. The molecule has 174 valence electrons. The van der Waals surface area contributed by atoms with Crippen LogP contribution in [0.4, 0.5) is 14.9 Å². The number of aromatic nitrogens is 1. The van der Waals surface area contributed by atoms with E-state index in [4.69, 9.17) is 11.6 Å². The van der Waals surface area contributed by atoms with Crippen LogP contribution in [0.1, 0.15) is 31.2 Å². The summed E-state index contributed by atoms with van der Waals surface area (Å²) in [6.45, 7) is 0.991. The van der Waals surface area contributed by atoms with Crippen LogP contribution in [-0.2, 0) is 6.42 Å². The van der Waals surface area contributed by atoms with Gasteiger partial charge in [0, 0.05) is 30.4 Å². The van der Waals surface area contributed by atoms with Gasteiger partial charge in [0.05, 0.1) is 11.1 Å². The molecule has 1 saturated carbocycles. The number of nitrogens with one attached hydrogen (secondary N) is 2. The molecule has 2 amide bonds. The largest absolute Gasteiger partial charge is 0.393 e. The highest BCUT2D eigenvalue weighted by Gasteiger charge is 2.24. The third kappa shape index (κ3) is 5.72. The third-order valence-corrected chi connectivity index (χ3v) is 6.59. The van der Waals surface area contributed by atoms with Crippen molar-refractivity contribution >= 4 is 34.1 Å². The molecule has 2 aromatic carbocycles. The van der Waals surface area contributed by atoms with E-state index < -0.39 is 5.82 Å². The Morgan fingerprint density at radius 3 is 2.61 bits per heavy atom. The number of hydrogen-bond acceptors (Lipinski definition) is 3. The molecule has 3 N–H and O–H groups in total. The first-order valence-corrected chi connectivity index (χ1v) is 11.6. The van der Waals surface area contributed by atoms with Gasteiger partial charge in [0.15, 0.2) is 0 Å². The molecule has 1 fully saturated rings. The van der Waals surface area contributed by atoms with Gasteiger partial charge in [-0.05, 0) is 73.2 Å². The molecule has 3 aromatic rings. The number of benzene rings is 2. The Morgan fingerprint density at radius 2 is 1.88 bits per heavy atom. The SMILES string of the molecule is O=C(Nc1ccc(F)c(Cl)c1)N(CCc1c[nH]c(=O)c2ccccc12)C[C@H]1CC[C@H](O)CC1. The molecule has 0 unspecified atom stereocenters. The Bertz CT molecular complexity index is 1190. The third-order valence-electron chi connectivity index (χ3n) is 6.30. The molecule has 1 aromatic heterocycles. The van der Waals surface area contributed by atoms with Crippen LogP contribution in [0.2, 0.25) is 5.02 Å². The van der Waals surface area contributed by atoms with Crippen LogP contribution in [0.3, 0.4) is 0 Å². The van der Waals surface area contributed by atoms with Crippen molar-refractivity contribution in [3.8, 4) is 0 Å². The van der Waals surface area contributed by atoms with E-state index in [9.17, 15) is 19.1 Å². The maximum absolute atomic E-state index is 13.5. The summed E-state index contributed by atoms with van der Waals surface area (Å²) in [5.41, 5.74) is 1.23. The van der Waals surface area contributed by atoms with Crippen LogP contribution in [0.25, 0.3) is 10.8 Å². The number of urea groups is 1. The molecule has 0 radical (unpaired) electrons. The number of fused-ring (bicyclic) bond motifs is 1.